The van der Waals surface area contributed by atoms with Crippen molar-refractivity contribution in [1.29, 1.82) is 0 Å². The molecule has 0 amide bonds. The largest absolute Gasteiger partial charge is 0.495 e. The Morgan fingerprint density at radius 3 is 2.54 bits per heavy atom. The van der Waals surface area contributed by atoms with E-state index in [1.807, 2.05) is 12.1 Å². The van der Waals surface area contributed by atoms with Gasteiger partial charge in [0.15, 0.2) is 0 Å². The van der Waals surface area contributed by atoms with Crippen LogP contribution in [-0.2, 0) is 13.1 Å². The van der Waals surface area contributed by atoms with Crippen molar-refractivity contribution in [2.24, 2.45) is 0 Å². The molecule has 13 heavy (non-hydrogen) atoms. The maximum absolute atomic E-state index is 5.96. The number of rotatable bonds is 1. The zero-order valence-corrected chi connectivity index (χ0v) is 8.84. The highest BCUT2D eigenvalue weighted by Crippen LogP contribution is 2.29. The molecule has 2 nitrogen and oxygen atoms in total. The normalized spacial score (nSPS) is 13.4. The monoisotopic (exact) mass is 219 g/mol. The van der Waals surface area contributed by atoms with E-state index in [0.29, 0.717) is 5.02 Å². The summed E-state index contributed by atoms with van der Waals surface area (Å²) in [5, 5.41) is 3.95. The van der Waals surface area contributed by atoms with Gasteiger partial charge in [-0.15, -0.1) is 12.4 Å². The maximum atomic E-state index is 5.96. The second kappa shape index (κ2) is 4.18. The van der Waals surface area contributed by atoms with Crippen molar-refractivity contribution < 1.29 is 4.74 Å². The molecule has 1 aromatic rings. The van der Waals surface area contributed by atoms with Crippen LogP contribution < -0.4 is 10.1 Å². The van der Waals surface area contributed by atoms with Gasteiger partial charge in [0.05, 0.1) is 12.1 Å². The minimum absolute atomic E-state index is 0. The van der Waals surface area contributed by atoms with Gasteiger partial charge in [-0.1, -0.05) is 11.6 Å². The Morgan fingerprint density at radius 2 is 1.92 bits per heavy atom. The molecule has 0 fully saturated rings. The van der Waals surface area contributed by atoms with Crippen molar-refractivity contribution >= 4 is 24.0 Å². The molecule has 0 aliphatic carbocycles. The minimum atomic E-state index is 0. The second-order valence-electron chi connectivity index (χ2n) is 2.86. The molecule has 72 valence electrons. The van der Waals surface area contributed by atoms with Crippen molar-refractivity contribution in [2.45, 2.75) is 13.1 Å². The summed E-state index contributed by atoms with van der Waals surface area (Å²) in [6.07, 6.45) is 0. The third-order valence-electron chi connectivity index (χ3n) is 2.10. The van der Waals surface area contributed by atoms with Gasteiger partial charge >= 0.3 is 0 Å². The van der Waals surface area contributed by atoms with Gasteiger partial charge in [0, 0.05) is 13.1 Å². The summed E-state index contributed by atoms with van der Waals surface area (Å²) < 4.78 is 5.11. The highest BCUT2D eigenvalue weighted by atomic mass is 35.5. The molecule has 0 spiro atoms. The van der Waals surface area contributed by atoms with Crippen LogP contribution in [0, 0.1) is 0 Å². The standard InChI is InChI=1S/C9H10ClNO.ClH/c1-12-9-3-7-5-11-4-6(7)2-8(9)10;/h2-3,11H,4-5H2,1H3;1H. The number of nitrogens with one attached hydrogen (secondary N) is 1. The molecule has 0 atom stereocenters. The summed E-state index contributed by atoms with van der Waals surface area (Å²) in [7, 11) is 1.63. The second-order valence-corrected chi connectivity index (χ2v) is 3.27. The van der Waals surface area contributed by atoms with E-state index in [4.69, 9.17) is 16.3 Å². The Balaban J connectivity index is 0.000000845. The lowest BCUT2D eigenvalue weighted by atomic mass is 10.1. The van der Waals surface area contributed by atoms with Crippen LogP contribution in [0.15, 0.2) is 12.1 Å². The van der Waals surface area contributed by atoms with E-state index in [-0.39, 0.29) is 12.4 Å². The van der Waals surface area contributed by atoms with Gasteiger partial charge in [0.1, 0.15) is 5.75 Å². The van der Waals surface area contributed by atoms with Crippen LogP contribution in [0.3, 0.4) is 0 Å². The van der Waals surface area contributed by atoms with E-state index in [9.17, 15) is 0 Å². The quantitative estimate of drug-likeness (QED) is 0.784. The summed E-state index contributed by atoms with van der Waals surface area (Å²) >= 11 is 5.96. The SMILES string of the molecule is COc1cc2c(cc1Cl)CNC2.Cl. The molecule has 1 heterocycles. The summed E-state index contributed by atoms with van der Waals surface area (Å²) in [5.41, 5.74) is 2.57. The molecule has 0 saturated heterocycles. The number of halogens is 2. The van der Waals surface area contributed by atoms with Crippen molar-refractivity contribution in [3.05, 3.63) is 28.3 Å². The Kier molecular flexibility index (Phi) is 3.42. The van der Waals surface area contributed by atoms with Gasteiger partial charge in [0.2, 0.25) is 0 Å². The molecule has 2 rings (SSSR count). The van der Waals surface area contributed by atoms with Gasteiger partial charge in [-0.3, -0.25) is 0 Å². The third-order valence-corrected chi connectivity index (χ3v) is 2.40. The summed E-state index contributed by atoms with van der Waals surface area (Å²) in [6.45, 7) is 1.84. The van der Waals surface area contributed by atoms with E-state index in [2.05, 4.69) is 5.32 Å². The van der Waals surface area contributed by atoms with Gasteiger partial charge in [-0.25, -0.2) is 0 Å². The van der Waals surface area contributed by atoms with Crippen LogP contribution in [0.5, 0.6) is 5.75 Å². The summed E-state index contributed by atoms with van der Waals surface area (Å²) in [5.74, 6) is 0.763. The van der Waals surface area contributed by atoms with E-state index >= 15 is 0 Å². The number of hydrogen-bond acceptors (Lipinski definition) is 2. The Morgan fingerprint density at radius 1 is 1.31 bits per heavy atom. The van der Waals surface area contributed by atoms with Crippen LogP contribution in [0.25, 0.3) is 0 Å². The van der Waals surface area contributed by atoms with Crippen LogP contribution in [0.4, 0.5) is 0 Å². The van der Waals surface area contributed by atoms with Crippen molar-refractivity contribution in [3.63, 3.8) is 0 Å². The first-order valence-corrected chi connectivity index (χ1v) is 4.25. The highest BCUT2D eigenvalue weighted by Gasteiger charge is 2.13. The van der Waals surface area contributed by atoms with Crippen molar-refractivity contribution in [3.8, 4) is 5.75 Å². The fraction of sp³-hybridized carbons (Fsp3) is 0.333. The lowest BCUT2D eigenvalue weighted by molar-refractivity contribution is 0.414. The van der Waals surface area contributed by atoms with Gasteiger partial charge < -0.3 is 10.1 Å². The number of ether oxygens (including phenoxy) is 1. The predicted octanol–water partition coefficient (Wildman–Crippen LogP) is 2.37. The molecule has 0 saturated carbocycles. The summed E-state index contributed by atoms with van der Waals surface area (Å²) in [6, 6.07) is 3.97. The molecule has 1 aliphatic heterocycles. The maximum Gasteiger partial charge on any atom is 0.137 e. The fourth-order valence-corrected chi connectivity index (χ4v) is 1.72. The van der Waals surface area contributed by atoms with Crippen LogP contribution in [-0.4, -0.2) is 7.11 Å². The van der Waals surface area contributed by atoms with E-state index in [1.54, 1.807) is 7.11 Å². The average molecular weight is 220 g/mol. The molecular formula is C9H11Cl2NO. The van der Waals surface area contributed by atoms with Gasteiger partial charge in [-0.2, -0.15) is 0 Å². The van der Waals surface area contributed by atoms with E-state index in [0.717, 1.165) is 18.8 Å². The lowest BCUT2D eigenvalue weighted by Crippen LogP contribution is -1.99. The number of fused-ring (bicyclic) bond motifs is 1. The first kappa shape index (κ1) is 10.6. The molecule has 1 aliphatic rings. The van der Waals surface area contributed by atoms with Crippen LogP contribution in [0.1, 0.15) is 11.1 Å². The molecule has 1 N–H and O–H groups in total. The zero-order valence-electron chi connectivity index (χ0n) is 7.26. The molecule has 0 bridgehead atoms. The zero-order chi connectivity index (χ0) is 8.55. The predicted molar refractivity (Wildman–Crippen MR) is 55.8 cm³/mol. The van der Waals surface area contributed by atoms with Gasteiger partial charge in [-0.05, 0) is 23.3 Å². The van der Waals surface area contributed by atoms with Crippen LogP contribution >= 0.6 is 24.0 Å². The highest BCUT2D eigenvalue weighted by molar-refractivity contribution is 6.32. The third kappa shape index (κ3) is 1.90. The molecule has 4 heteroatoms. The topological polar surface area (TPSA) is 21.3 Å². The molecular weight excluding hydrogens is 209 g/mol. The smallest absolute Gasteiger partial charge is 0.137 e. The summed E-state index contributed by atoms with van der Waals surface area (Å²) in [4.78, 5) is 0. The average Bonchev–Trinajstić information content (AvgIpc) is 2.49. The van der Waals surface area contributed by atoms with E-state index in [1.165, 1.54) is 11.1 Å². The fourth-order valence-electron chi connectivity index (χ4n) is 1.45. The first-order valence-electron chi connectivity index (χ1n) is 3.87. The minimum Gasteiger partial charge on any atom is -0.495 e. The van der Waals surface area contributed by atoms with Crippen molar-refractivity contribution in [1.82, 2.24) is 5.32 Å². The first-order chi connectivity index (χ1) is 5.81. The number of methoxy groups -OCH3 is 1. The molecule has 0 unspecified atom stereocenters. The Bertz CT molecular complexity index is 314. The van der Waals surface area contributed by atoms with Crippen LogP contribution in [0.2, 0.25) is 5.02 Å². The lowest BCUT2D eigenvalue weighted by Gasteiger charge is -2.05. The van der Waals surface area contributed by atoms with Gasteiger partial charge in [0.25, 0.3) is 0 Å². The Hall–Kier alpha value is -0.440. The molecule has 0 radical (unpaired) electrons. The molecule has 1 aromatic carbocycles. The molecule has 0 aromatic heterocycles. The Labute approximate surface area is 88.6 Å². The number of hydrogen-bond donors (Lipinski definition) is 1. The van der Waals surface area contributed by atoms with E-state index < -0.39 is 0 Å². The number of benzene rings is 1. The van der Waals surface area contributed by atoms with Crippen molar-refractivity contribution in [2.75, 3.05) is 7.11 Å².